The summed E-state index contributed by atoms with van der Waals surface area (Å²) in [5, 5.41) is 2.59. The molecule has 0 aliphatic rings. The van der Waals surface area contributed by atoms with Crippen LogP contribution in [0.4, 0.5) is 21.0 Å². The van der Waals surface area contributed by atoms with Gasteiger partial charge in [0.05, 0.1) is 22.1 Å². The SMILES string of the molecule is CC(C)(C)OC(=O)N(C(=O)[C@@H](N)C(C)(C)C)c1cccc(NC(=O)OCc2cncs2)c1. The van der Waals surface area contributed by atoms with Crippen molar-refractivity contribution in [2.75, 3.05) is 10.2 Å². The van der Waals surface area contributed by atoms with Gasteiger partial charge in [-0.15, -0.1) is 11.3 Å². The van der Waals surface area contributed by atoms with Crippen LogP contribution in [0, 0.1) is 5.41 Å². The molecule has 0 saturated heterocycles. The number of ether oxygens (including phenoxy) is 2. The lowest BCUT2D eigenvalue weighted by Crippen LogP contribution is -2.53. The summed E-state index contributed by atoms with van der Waals surface area (Å²) in [5.74, 6) is -0.614. The number of anilines is 2. The fourth-order valence-corrected chi connectivity index (χ4v) is 2.97. The number of nitrogens with one attached hydrogen (secondary N) is 1. The molecule has 0 radical (unpaired) electrons. The fourth-order valence-electron chi connectivity index (χ4n) is 2.47. The fraction of sp³-hybridized carbons (Fsp3) is 0.455. The highest BCUT2D eigenvalue weighted by atomic mass is 32.1. The molecule has 2 rings (SSSR count). The molecule has 174 valence electrons. The Morgan fingerprint density at radius 3 is 2.44 bits per heavy atom. The van der Waals surface area contributed by atoms with Crippen LogP contribution in [0.25, 0.3) is 0 Å². The van der Waals surface area contributed by atoms with E-state index in [2.05, 4.69) is 10.3 Å². The molecule has 1 aromatic heterocycles. The van der Waals surface area contributed by atoms with E-state index in [9.17, 15) is 14.4 Å². The summed E-state index contributed by atoms with van der Waals surface area (Å²) in [7, 11) is 0. The van der Waals surface area contributed by atoms with Crippen LogP contribution in [-0.2, 0) is 20.9 Å². The molecule has 1 atom stereocenters. The maximum absolute atomic E-state index is 13.2. The van der Waals surface area contributed by atoms with E-state index in [0.29, 0.717) is 5.69 Å². The van der Waals surface area contributed by atoms with Crippen molar-refractivity contribution in [2.45, 2.75) is 59.8 Å². The summed E-state index contributed by atoms with van der Waals surface area (Å²) >= 11 is 1.37. The van der Waals surface area contributed by atoms with E-state index < -0.39 is 35.2 Å². The lowest BCUT2D eigenvalue weighted by Gasteiger charge is -2.32. The number of imide groups is 1. The minimum atomic E-state index is -0.962. The van der Waals surface area contributed by atoms with Gasteiger partial charge in [-0.05, 0) is 44.4 Å². The van der Waals surface area contributed by atoms with Crippen molar-refractivity contribution in [1.82, 2.24) is 4.98 Å². The van der Waals surface area contributed by atoms with Crippen LogP contribution in [0.15, 0.2) is 36.0 Å². The van der Waals surface area contributed by atoms with Crippen molar-refractivity contribution in [3.63, 3.8) is 0 Å². The number of rotatable bonds is 5. The zero-order valence-corrected chi connectivity index (χ0v) is 20.0. The van der Waals surface area contributed by atoms with Gasteiger partial charge in [-0.25, -0.2) is 14.5 Å². The molecule has 0 unspecified atom stereocenters. The third kappa shape index (κ3) is 7.31. The zero-order valence-electron chi connectivity index (χ0n) is 19.2. The average molecular weight is 463 g/mol. The summed E-state index contributed by atoms with van der Waals surface area (Å²) in [5.41, 5.74) is 6.93. The topological polar surface area (TPSA) is 124 Å². The molecular formula is C22H30N4O5S. The van der Waals surface area contributed by atoms with E-state index >= 15 is 0 Å². The molecule has 2 aromatic rings. The Morgan fingerprint density at radius 1 is 1.19 bits per heavy atom. The summed E-state index contributed by atoms with van der Waals surface area (Å²) in [6.07, 6.45) is 0.0747. The number of hydrogen-bond donors (Lipinski definition) is 2. The Labute approximate surface area is 191 Å². The molecule has 0 aliphatic carbocycles. The van der Waals surface area contributed by atoms with E-state index in [4.69, 9.17) is 15.2 Å². The van der Waals surface area contributed by atoms with Crippen LogP contribution in [0.1, 0.15) is 46.4 Å². The van der Waals surface area contributed by atoms with Gasteiger partial charge in [0.25, 0.3) is 5.91 Å². The van der Waals surface area contributed by atoms with E-state index in [1.54, 1.807) is 71.4 Å². The number of carbonyl (C=O) groups is 3. The van der Waals surface area contributed by atoms with Crippen LogP contribution in [0.2, 0.25) is 0 Å². The molecule has 32 heavy (non-hydrogen) atoms. The number of thiazole rings is 1. The number of nitrogens with two attached hydrogens (primary N) is 1. The van der Waals surface area contributed by atoms with E-state index in [1.807, 2.05) is 0 Å². The largest absolute Gasteiger partial charge is 0.444 e. The molecule has 9 nitrogen and oxygen atoms in total. The number of carbonyl (C=O) groups excluding carboxylic acids is 3. The molecule has 1 aromatic carbocycles. The molecule has 3 N–H and O–H groups in total. The standard InChI is InChI=1S/C22H30N4O5S/c1-21(2,3)17(23)18(27)26(20(29)31-22(4,5)6)15-9-7-8-14(10-15)25-19(28)30-12-16-11-24-13-32-16/h7-11,13,17H,12,23H2,1-6H3,(H,25,28)/t17-/m1/s1. The number of nitrogens with zero attached hydrogens (tertiary/aromatic N) is 2. The number of amides is 3. The third-order valence-electron chi connectivity index (χ3n) is 4.18. The molecule has 0 bridgehead atoms. The predicted octanol–water partition coefficient (Wildman–Crippen LogP) is 4.53. The second-order valence-electron chi connectivity index (χ2n) is 9.22. The van der Waals surface area contributed by atoms with Gasteiger partial charge < -0.3 is 15.2 Å². The summed E-state index contributed by atoms with van der Waals surface area (Å²) in [6.45, 7) is 10.6. The third-order valence-corrected chi connectivity index (χ3v) is 4.93. The van der Waals surface area contributed by atoms with Crippen molar-refractivity contribution >= 4 is 40.8 Å². The monoisotopic (exact) mass is 462 g/mol. The Hall–Kier alpha value is -2.98. The Bertz CT molecular complexity index is 948. The Morgan fingerprint density at radius 2 is 1.88 bits per heavy atom. The number of benzene rings is 1. The first-order valence-corrected chi connectivity index (χ1v) is 10.9. The highest BCUT2D eigenvalue weighted by molar-refractivity contribution is 7.09. The van der Waals surface area contributed by atoms with Gasteiger partial charge in [-0.3, -0.25) is 15.1 Å². The van der Waals surface area contributed by atoms with Crippen LogP contribution in [0.3, 0.4) is 0 Å². The van der Waals surface area contributed by atoms with Gasteiger partial charge in [0.1, 0.15) is 12.2 Å². The molecule has 0 aliphatic heterocycles. The normalized spacial score (nSPS) is 12.6. The van der Waals surface area contributed by atoms with Gasteiger partial charge in [0.15, 0.2) is 0 Å². The molecule has 0 saturated carbocycles. The van der Waals surface area contributed by atoms with Gasteiger partial charge in [-0.1, -0.05) is 26.8 Å². The molecular weight excluding hydrogens is 432 g/mol. The van der Waals surface area contributed by atoms with E-state index in [0.717, 1.165) is 9.78 Å². The van der Waals surface area contributed by atoms with Gasteiger partial charge in [0, 0.05) is 11.9 Å². The minimum Gasteiger partial charge on any atom is -0.444 e. The van der Waals surface area contributed by atoms with Crippen LogP contribution >= 0.6 is 11.3 Å². The Balaban J connectivity index is 2.25. The summed E-state index contributed by atoms with van der Waals surface area (Å²) in [4.78, 5) is 43.8. The average Bonchev–Trinajstić information content (AvgIpc) is 3.17. The maximum atomic E-state index is 13.2. The van der Waals surface area contributed by atoms with Crippen LogP contribution in [-0.4, -0.2) is 34.7 Å². The predicted molar refractivity (Wildman–Crippen MR) is 124 cm³/mol. The minimum absolute atomic E-state index is 0.0825. The van der Waals surface area contributed by atoms with Crippen molar-refractivity contribution in [1.29, 1.82) is 0 Å². The van der Waals surface area contributed by atoms with Crippen LogP contribution < -0.4 is 16.0 Å². The first kappa shape index (κ1) is 25.3. The first-order chi connectivity index (χ1) is 14.8. The van der Waals surface area contributed by atoms with Crippen molar-refractivity contribution in [2.24, 2.45) is 11.1 Å². The first-order valence-electron chi connectivity index (χ1n) is 10.0. The molecule has 0 spiro atoms. The molecule has 0 fully saturated rings. The quantitative estimate of drug-likeness (QED) is 0.669. The highest BCUT2D eigenvalue weighted by Gasteiger charge is 2.37. The molecule has 3 amide bonds. The van der Waals surface area contributed by atoms with Gasteiger partial charge in [-0.2, -0.15) is 0 Å². The second-order valence-corrected chi connectivity index (χ2v) is 10.2. The highest BCUT2D eigenvalue weighted by Crippen LogP contribution is 2.26. The summed E-state index contributed by atoms with van der Waals surface area (Å²) < 4.78 is 10.6. The summed E-state index contributed by atoms with van der Waals surface area (Å²) in [6, 6.07) is 5.28. The maximum Gasteiger partial charge on any atom is 0.421 e. The van der Waals surface area contributed by atoms with Crippen molar-refractivity contribution in [3.8, 4) is 0 Å². The van der Waals surface area contributed by atoms with Crippen LogP contribution in [0.5, 0.6) is 0 Å². The van der Waals surface area contributed by atoms with Gasteiger partial charge >= 0.3 is 12.2 Å². The Kier molecular flexibility index (Phi) is 7.97. The zero-order chi connectivity index (χ0) is 24.1. The van der Waals surface area contributed by atoms with Crippen molar-refractivity contribution < 1.29 is 23.9 Å². The van der Waals surface area contributed by atoms with E-state index in [-0.39, 0.29) is 12.3 Å². The smallest absolute Gasteiger partial charge is 0.421 e. The lowest BCUT2D eigenvalue weighted by atomic mass is 9.86. The van der Waals surface area contributed by atoms with Gasteiger partial charge in [0.2, 0.25) is 0 Å². The van der Waals surface area contributed by atoms with Crippen molar-refractivity contribution in [3.05, 3.63) is 40.8 Å². The number of aromatic nitrogens is 1. The van der Waals surface area contributed by atoms with E-state index in [1.165, 1.54) is 17.4 Å². The molecule has 1 heterocycles. The molecule has 10 heteroatoms. The number of hydrogen-bond acceptors (Lipinski definition) is 8. The second kappa shape index (κ2) is 10.1. The lowest BCUT2D eigenvalue weighted by molar-refractivity contribution is -0.121.